The number of rotatable bonds is 4. The molecule has 0 amide bonds. The van der Waals surface area contributed by atoms with E-state index < -0.39 is 10.8 Å². The Balaban J connectivity index is 1.74. The van der Waals surface area contributed by atoms with Gasteiger partial charge in [-0.3, -0.25) is 4.98 Å². The van der Waals surface area contributed by atoms with Gasteiger partial charge in [0.1, 0.15) is 5.82 Å². The van der Waals surface area contributed by atoms with E-state index >= 15 is 0 Å². The Kier molecular flexibility index (Phi) is 5.34. The third-order valence-corrected chi connectivity index (χ3v) is 6.63. The van der Waals surface area contributed by atoms with Gasteiger partial charge in [-0.2, -0.15) is 0 Å². The molecule has 1 aliphatic heterocycles. The molecule has 0 bridgehead atoms. The summed E-state index contributed by atoms with van der Waals surface area (Å²) >= 11 is 0. The molecule has 0 spiro atoms. The molecule has 28 heavy (non-hydrogen) atoms. The van der Waals surface area contributed by atoms with E-state index in [-0.39, 0.29) is 5.41 Å². The lowest BCUT2D eigenvalue weighted by molar-refractivity contribution is 0.0611. The van der Waals surface area contributed by atoms with Crippen LogP contribution in [0.4, 0.5) is 0 Å². The number of aromatic nitrogens is 3. The van der Waals surface area contributed by atoms with Crippen LogP contribution in [0.3, 0.4) is 0 Å². The average Bonchev–Trinajstić information content (AvgIpc) is 3.07. The molecular weight excluding hydrogens is 370 g/mol. The molecular formula is C22H27N3O2S. The second kappa shape index (κ2) is 7.76. The smallest absolute Gasteiger partial charge is 0.115 e. The highest BCUT2D eigenvalue weighted by molar-refractivity contribution is 7.85. The predicted molar refractivity (Wildman–Crippen MR) is 111 cm³/mol. The molecule has 1 aromatic carbocycles. The summed E-state index contributed by atoms with van der Waals surface area (Å²) in [6.45, 7) is 9.24. The third-order valence-electron chi connectivity index (χ3n) is 5.25. The van der Waals surface area contributed by atoms with Crippen molar-refractivity contribution in [3.63, 3.8) is 0 Å². The van der Waals surface area contributed by atoms with E-state index in [0.717, 1.165) is 59.2 Å². The summed E-state index contributed by atoms with van der Waals surface area (Å²) in [5.74, 6) is 1.69. The average molecular weight is 398 g/mol. The molecule has 1 saturated heterocycles. The van der Waals surface area contributed by atoms with Gasteiger partial charge in [-0.05, 0) is 49.1 Å². The lowest BCUT2D eigenvalue weighted by Gasteiger charge is -2.26. The van der Waals surface area contributed by atoms with Crippen LogP contribution in [0, 0.1) is 5.92 Å². The number of benzene rings is 1. The number of hydrogen-bond acceptors (Lipinski definition) is 4. The monoisotopic (exact) mass is 397 g/mol. The van der Waals surface area contributed by atoms with Crippen molar-refractivity contribution < 1.29 is 8.95 Å². The van der Waals surface area contributed by atoms with Crippen molar-refractivity contribution in [3.8, 4) is 0 Å². The van der Waals surface area contributed by atoms with Crippen LogP contribution in [0.25, 0.3) is 11.0 Å². The standard InChI is InChI=1S/C22H27N3O2S/c1-22(2,3)21-24-19-14-18(28(26)17-6-10-23-11-7-17)4-5-20(19)25(21)15-16-8-12-27-13-9-16/h4-7,10-11,14,16H,8-9,12-13,15H2,1-3H3. The summed E-state index contributed by atoms with van der Waals surface area (Å²) in [4.78, 5) is 10.5. The van der Waals surface area contributed by atoms with Crippen molar-refractivity contribution in [3.05, 3.63) is 48.5 Å². The van der Waals surface area contributed by atoms with Gasteiger partial charge in [0.2, 0.25) is 0 Å². The van der Waals surface area contributed by atoms with Crippen LogP contribution in [0.2, 0.25) is 0 Å². The van der Waals surface area contributed by atoms with Crippen molar-refractivity contribution in [1.82, 2.24) is 14.5 Å². The molecule has 1 atom stereocenters. The summed E-state index contributed by atoms with van der Waals surface area (Å²) in [6.07, 6.45) is 5.53. The van der Waals surface area contributed by atoms with Gasteiger partial charge in [0.05, 0.1) is 21.8 Å². The molecule has 0 saturated carbocycles. The van der Waals surface area contributed by atoms with Crippen molar-refractivity contribution in [2.24, 2.45) is 5.92 Å². The molecule has 1 unspecified atom stereocenters. The second-order valence-corrected chi connectivity index (χ2v) is 9.93. The highest BCUT2D eigenvalue weighted by Gasteiger charge is 2.25. The minimum atomic E-state index is -1.23. The van der Waals surface area contributed by atoms with Crippen LogP contribution >= 0.6 is 0 Å². The Hall–Kier alpha value is -2.05. The van der Waals surface area contributed by atoms with Crippen molar-refractivity contribution in [1.29, 1.82) is 0 Å². The summed E-state index contributed by atoms with van der Waals surface area (Å²) in [5, 5.41) is 0. The first-order valence-corrected chi connectivity index (χ1v) is 11.0. The maximum Gasteiger partial charge on any atom is 0.115 e. The van der Waals surface area contributed by atoms with Gasteiger partial charge >= 0.3 is 0 Å². The van der Waals surface area contributed by atoms with Gasteiger partial charge in [0.25, 0.3) is 0 Å². The zero-order valence-electron chi connectivity index (χ0n) is 16.7. The van der Waals surface area contributed by atoms with E-state index in [4.69, 9.17) is 9.72 Å². The first kappa shape index (κ1) is 19.3. The molecule has 148 valence electrons. The fourth-order valence-electron chi connectivity index (χ4n) is 3.77. The lowest BCUT2D eigenvalue weighted by Crippen LogP contribution is -2.25. The van der Waals surface area contributed by atoms with E-state index in [2.05, 4.69) is 36.4 Å². The molecule has 4 rings (SSSR count). The van der Waals surface area contributed by atoms with E-state index in [1.165, 1.54) is 0 Å². The van der Waals surface area contributed by atoms with Gasteiger partial charge in [0, 0.05) is 47.4 Å². The van der Waals surface area contributed by atoms with Gasteiger partial charge in [0.15, 0.2) is 0 Å². The van der Waals surface area contributed by atoms with Crippen LogP contribution in [0.15, 0.2) is 52.5 Å². The van der Waals surface area contributed by atoms with Gasteiger partial charge < -0.3 is 9.30 Å². The number of pyridine rings is 1. The molecule has 0 aliphatic carbocycles. The molecule has 5 nitrogen and oxygen atoms in total. The largest absolute Gasteiger partial charge is 0.381 e. The quantitative estimate of drug-likeness (QED) is 0.658. The van der Waals surface area contributed by atoms with Gasteiger partial charge in [-0.1, -0.05) is 20.8 Å². The molecule has 0 radical (unpaired) electrons. The minimum Gasteiger partial charge on any atom is -0.381 e. The minimum absolute atomic E-state index is 0.0609. The highest BCUT2D eigenvalue weighted by atomic mass is 32.2. The van der Waals surface area contributed by atoms with Crippen molar-refractivity contribution >= 4 is 21.8 Å². The molecule has 1 aliphatic rings. The topological polar surface area (TPSA) is 57.0 Å². The fourth-order valence-corrected chi connectivity index (χ4v) is 4.82. The summed E-state index contributed by atoms with van der Waals surface area (Å²) in [7, 11) is -1.23. The molecule has 6 heteroatoms. The maximum absolute atomic E-state index is 12.9. The van der Waals surface area contributed by atoms with Crippen LogP contribution in [0.1, 0.15) is 39.4 Å². The zero-order chi connectivity index (χ0) is 19.7. The zero-order valence-corrected chi connectivity index (χ0v) is 17.5. The number of nitrogens with zero attached hydrogens (tertiary/aromatic N) is 3. The maximum atomic E-state index is 12.9. The van der Waals surface area contributed by atoms with Gasteiger partial charge in [-0.25, -0.2) is 9.19 Å². The van der Waals surface area contributed by atoms with Crippen molar-refractivity contribution in [2.75, 3.05) is 13.2 Å². The normalized spacial score (nSPS) is 17.1. The Bertz CT molecular complexity index is 986. The molecule has 3 heterocycles. The number of imidazole rings is 1. The van der Waals surface area contributed by atoms with Crippen LogP contribution < -0.4 is 0 Å². The Morgan fingerprint density at radius 2 is 1.82 bits per heavy atom. The molecule has 0 N–H and O–H groups in total. The lowest BCUT2D eigenvalue weighted by atomic mass is 9.94. The van der Waals surface area contributed by atoms with Crippen molar-refractivity contribution in [2.45, 2.75) is 55.4 Å². The predicted octanol–water partition coefficient (Wildman–Crippen LogP) is 4.32. The summed E-state index contributed by atoms with van der Waals surface area (Å²) in [6, 6.07) is 9.61. The fraction of sp³-hybridized carbons (Fsp3) is 0.455. The first-order chi connectivity index (χ1) is 13.4. The van der Waals surface area contributed by atoms with Crippen LogP contribution in [-0.4, -0.2) is 32.0 Å². The van der Waals surface area contributed by atoms with E-state index in [0.29, 0.717) is 5.92 Å². The second-order valence-electron chi connectivity index (χ2n) is 8.45. The number of ether oxygens (including phenoxy) is 1. The summed E-state index contributed by atoms with van der Waals surface area (Å²) < 4.78 is 20.8. The van der Waals surface area contributed by atoms with E-state index in [1.807, 2.05) is 12.1 Å². The van der Waals surface area contributed by atoms with Crippen LogP contribution in [-0.2, 0) is 27.5 Å². The van der Waals surface area contributed by atoms with Crippen LogP contribution in [0.5, 0.6) is 0 Å². The SMILES string of the molecule is CC(C)(C)c1nc2cc(S(=O)c3ccncc3)ccc2n1CC1CCOCC1. The number of hydrogen-bond donors (Lipinski definition) is 0. The van der Waals surface area contributed by atoms with E-state index in [1.54, 1.807) is 24.5 Å². The Morgan fingerprint density at radius 3 is 2.50 bits per heavy atom. The molecule has 2 aromatic heterocycles. The number of fused-ring (bicyclic) bond motifs is 1. The highest BCUT2D eigenvalue weighted by Crippen LogP contribution is 2.30. The summed E-state index contributed by atoms with van der Waals surface area (Å²) in [5.41, 5.74) is 1.97. The van der Waals surface area contributed by atoms with E-state index in [9.17, 15) is 4.21 Å². The molecule has 3 aromatic rings. The van der Waals surface area contributed by atoms with Gasteiger partial charge in [-0.15, -0.1) is 0 Å². The third kappa shape index (κ3) is 3.89. The molecule has 1 fully saturated rings. The Labute approximate surface area is 168 Å². The Morgan fingerprint density at radius 1 is 1.11 bits per heavy atom. The first-order valence-electron chi connectivity index (χ1n) is 9.84.